The fraction of sp³-hybridized carbons (Fsp3) is 0.800. The molecule has 1 amide bonds. The second-order valence-electron chi connectivity index (χ2n) is 4.03. The number of methoxy groups -OCH3 is 1. The fourth-order valence-corrected chi connectivity index (χ4v) is 1.58. The van der Waals surface area contributed by atoms with E-state index in [9.17, 15) is 9.59 Å². The van der Waals surface area contributed by atoms with E-state index in [0.29, 0.717) is 12.8 Å². The molecule has 0 aromatic rings. The third kappa shape index (κ3) is 2.47. The molecule has 0 aromatic carbocycles. The van der Waals surface area contributed by atoms with E-state index in [2.05, 4.69) is 5.32 Å². The van der Waals surface area contributed by atoms with Gasteiger partial charge in [-0.2, -0.15) is 0 Å². The van der Waals surface area contributed by atoms with Gasteiger partial charge in [-0.3, -0.25) is 9.59 Å². The monoisotopic (exact) mass is 215 g/mol. The minimum absolute atomic E-state index is 0.203. The maximum atomic E-state index is 11.4. The Kier molecular flexibility index (Phi) is 3.68. The molecule has 15 heavy (non-hydrogen) atoms. The molecule has 2 N–H and O–H groups in total. The van der Waals surface area contributed by atoms with Crippen LogP contribution >= 0.6 is 0 Å². The maximum absolute atomic E-state index is 11.4. The topological polar surface area (TPSA) is 75.6 Å². The normalized spacial score (nSPS) is 20.1. The molecule has 0 aliphatic heterocycles. The molecular formula is C10H17NO4. The lowest BCUT2D eigenvalue weighted by atomic mass is 9.69. The van der Waals surface area contributed by atoms with Gasteiger partial charge in [0.15, 0.2) is 0 Å². The van der Waals surface area contributed by atoms with Crippen LogP contribution in [-0.4, -0.2) is 36.7 Å². The average molecular weight is 215 g/mol. The van der Waals surface area contributed by atoms with Crippen LogP contribution in [0, 0.1) is 5.41 Å². The third-order valence-corrected chi connectivity index (χ3v) is 3.09. The Labute approximate surface area is 88.8 Å². The maximum Gasteiger partial charge on any atom is 0.311 e. The minimum Gasteiger partial charge on any atom is -0.481 e. The molecule has 0 saturated heterocycles. The molecule has 1 saturated carbocycles. The van der Waals surface area contributed by atoms with Crippen LogP contribution in [0.25, 0.3) is 0 Å². The van der Waals surface area contributed by atoms with E-state index in [1.807, 2.05) is 0 Å². The van der Waals surface area contributed by atoms with E-state index in [0.717, 1.165) is 6.42 Å². The highest BCUT2D eigenvalue weighted by Gasteiger charge is 2.44. The molecule has 1 fully saturated rings. The molecule has 5 heteroatoms. The number of amides is 1. The largest absolute Gasteiger partial charge is 0.481 e. The molecule has 0 bridgehead atoms. The summed E-state index contributed by atoms with van der Waals surface area (Å²) >= 11 is 0. The van der Waals surface area contributed by atoms with Crippen molar-refractivity contribution in [2.24, 2.45) is 5.41 Å². The van der Waals surface area contributed by atoms with Crippen molar-refractivity contribution in [3.05, 3.63) is 0 Å². The summed E-state index contributed by atoms with van der Waals surface area (Å²) in [5.74, 6) is -1.08. The Hall–Kier alpha value is -1.10. The summed E-state index contributed by atoms with van der Waals surface area (Å²) < 4.78 is 4.83. The molecule has 1 atom stereocenters. The van der Waals surface area contributed by atoms with E-state index in [-0.39, 0.29) is 12.5 Å². The van der Waals surface area contributed by atoms with Gasteiger partial charge in [0.25, 0.3) is 0 Å². The summed E-state index contributed by atoms with van der Waals surface area (Å²) in [5, 5.41) is 11.6. The van der Waals surface area contributed by atoms with Crippen molar-refractivity contribution in [1.29, 1.82) is 0 Å². The van der Waals surface area contributed by atoms with Gasteiger partial charge in [0.05, 0.1) is 5.41 Å². The first-order valence-electron chi connectivity index (χ1n) is 5.06. The molecule has 86 valence electrons. The Morgan fingerprint density at radius 2 is 2.13 bits per heavy atom. The third-order valence-electron chi connectivity index (χ3n) is 3.09. The molecule has 0 spiro atoms. The Bertz CT molecular complexity index is 260. The van der Waals surface area contributed by atoms with Crippen LogP contribution in [0.1, 0.15) is 26.2 Å². The molecule has 1 aliphatic carbocycles. The van der Waals surface area contributed by atoms with Crippen molar-refractivity contribution < 1.29 is 19.4 Å². The Morgan fingerprint density at radius 1 is 1.53 bits per heavy atom. The summed E-state index contributed by atoms with van der Waals surface area (Å²) in [6, 6.07) is 0. The Morgan fingerprint density at radius 3 is 2.47 bits per heavy atom. The van der Waals surface area contributed by atoms with E-state index in [1.54, 1.807) is 6.92 Å². The van der Waals surface area contributed by atoms with Crippen molar-refractivity contribution in [2.75, 3.05) is 13.7 Å². The lowest BCUT2D eigenvalue weighted by Crippen LogP contribution is -2.49. The van der Waals surface area contributed by atoms with Gasteiger partial charge in [0, 0.05) is 13.7 Å². The average Bonchev–Trinajstić information content (AvgIpc) is 2.14. The smallest absolute Gasteiger partial charge is 0.311 e. The number of rotatable bonds is 5. The van der Waals surface area contributed by atoms with Gasteiger partial charge in [-0.05, 0) is 19.8 Å². The van der Waals surface area contributed by atoms with E-state index >= 15 is 0 Å². The van der Waals surface area contributed by atoms with Crippen molar-refractivity contribution in [3.8, 4) is 0 Å². The second kappa shape index (κ2) is 4.61. The zero-order chi connectivity index (χ0) is 11.5. The lowest BCUT2D eigenvalue weighted by Gasteiger charge is -2.37. The van der Waals surface area contributed by atoms with Gasteiger partial charge in [-0.25, -0.2) is 0 Å². The van der Waals surface area contributed by atoms with Crippen molar-refractivity contribution in [3.63, 3.8) is 0 Å². The van der Waals surface area contributed by atoms with Crippen LogP contribution in [0.3, 0.4) is 0 Å². The highest BCUT2D eigenvalue weighted by Crippen LogP contribution is 2.40. The zero-order valence-corrected chi connectivity index (χ0v) is 9.08. The highest BCUT2D eigenvalue weighted by atomic mass is 16.5. The number of ether oxygens (including phenoxy) is 1. The van der Waals surface area contributed by atoms with Crippen LogP contribution in [0.5, 0.6) is 0 Å². The summed E-state index contributed by atoms with van der Waals surface area (Å²) in [7, 11) is 1.44. The molecule has 5 nitrogen and oxygen atoms in total. The number of carbonyl (C=O) groups is 2. The van der Waals surface area contributed by atoms with E-state index in [1.165, 1.54) is 7.11 Å². The fourth-order valence-electron chi connectivity index (χ4n) is 1.58. The van der Waals surface area contributed by atoms with Gasteiger partial charge >= 0.3 is 5.97 Å². The first-order valence-corrected chi connectivity index (χ1v) is 5.06. The quantitative estimate of drug-likeness (QED) is 0.695. The van der Waals surface area contributed by atoms with E-state index in [4.69, 9.17) is 9.84 Å². The predicted molar refractivity (Wildman–Crippen MR) is 53.4 cm³/mol. The van der Waals surface area contributed by atoms with Crippen molar-refractivity contribution >= 4 is 11.9 Å². The molecular weight excluding hydrogens is 198 g/mol. The van der Waals surface area contributed by atoms with Gasteiger partial charge in [-0.1, -0.05) is 6.42 Å². The molecule has 0 radical (unpaired) electrons. The van der Waals surface area contributed by atoms with Crippen LogP contribution in [-0.2, 0) is 14.3 Å². The number of carboxylic acids is 1. The van der Waals surface area contributed by atoms with E-state index < -0.39 is 17.5 Å². The van der Waals surface area contributed by atoms with Gasteiger partial charge in [-0.15, -0.1) is 0 Å². The number of hydrogen-bond donors (Lipinski definition) is 2. The zero-order valence-electron chi connectivity index (χ0n) is 9.08. The number of aliphatic carboxylic acids is 1. The van der Waals surface area contributed by atoms with Crippen LogP contribution in [0.15, 0.2) is 0 Å². The minimum atomic E-state index is -0.820. The standard InChI is InChI=1S/C10H17NO4/c1-7(15-2)8(12)11-6-10(9(13)14)4-3-5-10/h7H,3-6H2,1-2H3,(H,11,12)(H,13,14). The number of nitrogens with one attached hydrogen (secondary N) is 1. The molecule has 1 aliphatic rings. The highest BCUT2D eigenvalue weighted by molar-refractivity contribution is 5.82. The lowest BCUT2D eigenvalue weighted by molar-refractivity contribution is -0.154. The van der Waals surface area contributed by atoms with Gasteiger partial charge in [0.2, 0.25) is 5.91 Å². The first kappa shape index (κ1) is 12.0. The molecule has 0 heterocycles. The second-order valence-corrected chi connectivity index (χ2v) is 4.03. The SMILES string of the molecule is COC(C)C(=O)NCC1(C(=O)O)CCC1. The van der Waals surface area contributed by atoms with Crippen molar-refractivity contribution in [2.45, 2.75) is 32.3 Å². The first-order chi connectivity index (χ1) is 7.02. The van der Waals surface area contributed by atoms with Crippen molar-refractivity contribution in [1.82, 2.24) is 5.32 Å². The molecule has 1 unspecified atom stereocenters. The summed E-state index contributed by atoms with van der Waals surface area (Å²) in [6.07, 6.45) is 1.67. The van der Waals surface area contributed by atoms with Crippen LogP contribution < -0.4 is 5.32 Å². The number of carboxylic acid groups (broad SMARTS) is 1. The Balaban J connectivity index is 2.42. The molecule has 1 rings (SSSR count). The van der Waals surface area contributed by atoms with Gasteiger partial charge in [0.1, 0.15) is 6.10 Å². The predicted octanol–water partition coefficient (Wildman–Crippen LogP) is 0.392. The van der Waals surface area contributed by atoms with Gasteiger partial charge < -0.3 is 15.2 Å². The molecule has 0 aromatic heterocycles. The summed E-state index contributed by atoms with van der Waals surface area (Å²) in [4.78, 5) is 22.3. The summed E-state index contributed by atoms with van der Waals surface area (Å²) in [5.41, 5.74) is -0.733. The number of carbonyl (C=O) groups excluding carboxylic acids is 1. The summed E-state index contributed by atoms with van der Waals surface area (Å²) in [6.45, 7) is 1.83. The van der Waals surface area contributed by atoms with Crippen LogP contribution in [0.4, 0.5) is 0 Å². The van der Waals surface area contributed by atoms with Crippen LogP contribution in [0.2, 0.25) is 0 Å². The number of hydrogen-bond acceptors (Lipinski definition) is 3.